The molecule has 9 nitrogen and oxygen atoms in total. The molecule has 0 bridgehead atoms. The molecular weight excluding hydrogens is 585 g/mol. The monoisotopic (exact) mass is 623 g/mol. The third kappa shape index (κ3) is 7.18. The van der Waals surface area contributed by atoms with Crippen molar-refractivity contribution in [3.8, 4) is 5.69 Å². The van der Waals surface area contributed by atoms with E-state index in [1.165, 1.54) is 17.7 Å². The lowest BCUT2D eigenvalue weighted by atomic mass is 9.90. The van der Waals surface area contributed by atoms with E-state index in [1.807, 2.05) is 39.9 Å². The number of carbonyl (C=O) groups excluding carboxylic acids is 2. The van der Waals surface area contributed by atoms with Gasteiger partial charge in [-0.1, -0.05) is 42.5 Å². The fourth-order valence-corrected chi connectivity index (χ4v) is 6.59. The summed E-state index contributed by atoms with van der Waals surface area (Å²) in [6.45, 7) is 3.83. The van der Waals surface area contributed by atoms with E-state index >= 15 is 0 Å². The molecule has 0 radical (unpaired) electrons. The fourth-order valence-electron chi connectivity index (χ4n) is 6.59. The molecule has 6 rings (SSSR count). The van der Waals surface area contributed by atoms with Gasteiger partial charge < -0.3 is 15.3 Å². The summed E-state index contributed by atoms with van der Waals surface area (Å²) in [4.78, 5) is 41.3. The van der Waals surface area contributed by atoms with Crippen LogP contribution in [0.5, 0.6) is 0 Å². The van der Waals surface area contributed by atoms with Gasteiger partial charge in [-0.15, -0.1) is 0 Å². The summed E-state index contributed by atoms with van der Waals surface area (Å²) >= 11 is 0. The number of halogens is 1. The third-order valence-electron chi connectivity index (χ3n) is 9.08. The molecule has 2 aliphatic heterocycles. The molecule has 2 saturated heterocycles. The highest BCUT2D eigenvalue weighted by Gasteiger charge is 2.34. The molecule has 0 saturated carbocycles. The van der Waals surface area contributed by atoms with Gasteiger partial charge in [0.15, 0.2) is 0 Å². The molecule has 2 fully saturated rings. The maximum absolute atomic E-state index is 14.0. The fraction of sp³-hybridized carbons (Fsp3) is 0.333. The van der Waals surface area contributed by atoms with Crippen molar-refractivity contribution in [3.05, 3.63) is 119 Å². The van der Waals surface area contributed by atoms with Crippen molar-refractivity contribution in [1.29, 1.82) is 0 Å². The molecule has 0 spiro atoms. The average Bonchev–Trinajstić information content (AvgIpc) is 3.75. The number of carboxylic acids is 1. The van der Waals surface area contributed by atoms with Crippen molar-refractivity contribution in [2.75, 3.05) is 32.7 Å². The first-order valence-corrected chi connectivity index (χ1v) is 15.8. The van der Waals surface area contributed by atoms with Gasteiger partial charge >= 0.3 is 5.97 Å². The lowest BCUT2D eigenvalue weighted by Crippen LogP contribution is -2.34. The van der Waals surface area contributed by atoms with Gasteiger partial charge in [0.05, 0.1) is 29.6 Å². The Morgan fingerprint density at radius 2 is 1.57 bits per heavy atom. The number of hydrogen-bond acceptors (Lipinski definition) is 5. The van der Waals surface area contributed by atoms with Crippen molar-refractivity contribution in [2.24, 2.45) is 0 Å². The van der Waals surface area contributed by atoms with E-state index in [9.17, 15) is 18.8 Å². The number of aliphatic carboxylic acids is 1. The predicted octanol–water partition coefficient (Wildman–Crippen LogP) is 5.23. The van der Waals surface area contributed by atoms with Crippen LogP contribution >= 0.6 is 0 Å². The quantitative estimate of drug-likeness (QED) is 0.251. The van der Waals surface area contributed by atoms with Gasteiger partial charge in [-0.05, 0) is 79.9 Å². The SMILES string of the molecule is O=C(O)CCNC(=O)c1ccc(CN2CCC(c3c(C(=O)N4CC[C@H](c5ccccc5)C4)cnn3-c3ccc(F)cc3)CC2)cc1. The number of piperidine rings is 1. The summed E-state index contributed by atoms with van der Waals surface area (Å²) in [5.74, 6) is -1.15. The Kier molecular flexibility index (Phi) is 9.54. The maximum Gasteiger partial charge on any atom is 0.305 e. The molecule has 10 heteroatoms. The highest BCUT2D eigenvalue weighted by atomic mass is 19.1. The molecule has 2 amide bonds. The normalized spacial score (nSPS) is 17.2. The smallest absolute Gasteiger partial charge is 0.305 e. The zero-order chi connectivity index (χ0) is 32.0. The van der Waals surface area contributed by atoms with Crippen molar-refractivity contribution < 1.29 is 23.9 Å². The standard InChI is InChI=1S/C36H38FN5O4/c37-30-10-12-31(13-11-30)42-34(32(22-39-42)36(46)41-21-17-29(24-41)26-4-2-1-3-5-26)27-15-19-40(20-16-27)23-25-6-8-28(9-7-25)35(45)38-18-14-33(43)44/h1-13,22,27,29H,14-21,23-24H2,(H,38,45)(H,43,44)/t29-/m0/s1. The van der Waals surface area contributed by atoms with Crippen LogP contribution in [0.2, 0.25) is 0 Å². The van der Waals surface area contributed by atoms with Crippen LogP contribution < -0.4 is 5.32 Å². The van der Waals surface area contributed by atoms with Crippen LogP contribution in [0.3, 0.4) is 0 Å². The Labute approximate surface area is 267 Å². The van der Waals surface area contributed by atoms with E-state index in [0.29, 0.717) is 30.1 Å². The van der Waals surface area contributed by atoms with Crippen molar-refractivity contribution >= 4 is 17.8 Å². The van der Waals surface area contributed by atoms with E-state index < -0.39 is 5.97 Å². The first-order valence-electron chi connectivity index (χ1n) is 15.8. The average molecular weight is 624 g/mol. The largest absolute Gasteiger partial charge is 0.481 e. The van der Waals surface area contributed by atoms with E-state index in [-0.39, 0.29) is 36.5 Å². The van der Waals surface area contributed by atoms with Gasteiger partial charge in [0.2, 0.25) is 0 Å². The summed E-state index contributed by atoms with van der Waals surface area (Å²) in [6.07, 6.45) is 4.16. The second-order valence-electron chi connectivity index (χ2n) is 12.1. The van der Waals surface area contributed by atoms with Gasteiger partial charge in [-0.3, -0.25) is 19.3 Å². The first kappa shape index (κ1) is 31.2. The molecular formula is C36H38FN5O4. The van der Waals surface area contributed by atoms with Crippen LogP contribution in [0.25, 0.3) is 5.69 Å². The number of carboxylic acid groups (broad SMARTS) is 1. The minimum absolute atomic E-state index is 0.00342. The topological polar surface area (TPSA) is 108 Å². The third-order valence-corrected chi connectivity index (χ3v) is 9.08. The number of rotatable bonds is 10. The highest BCUT2D eigenvalue weighted by Crippen LogP contribution is 2.35. The minimum atomic E-state index is -0.953. The number of carbonyl (C=O) groups is 3. The molecule has 1 aromatic heterocycles. The number of nitrogens with one attached hydrogen (secondary N) is 1. The van der Waals surface area contributed by atoms with Crippen LogP contribution in [0.1, 0.15) is 75.1 Å². The number of amides is 2. The zero-order valence-corrected chi connectivity index (χ0v) is 25.6. The van der Waals surface area contributed by atoms with Crippen LogP contribution in [-0.2, 0) is 11.3 Å². The summed E-state index contributed by atoms with van der Waals surface area (Å²) in [6, 6.07) is 24.0. The molecule has 238 valence electrons. The molecule has 46 heavy (non-hydrogen) atoms. The van der Waals surface area contributed by atoms with Gasteiger partial charge in [0.25, 0.3) is 11.8 Å². The number of aromatic nitrogens is 2. The van der Waals surface area contributed by atoms with E-state index in [0.717, 1.165) is 55.8 Å². The van der Waals surface area contributed by atoms with Crippen LogP contribution in [0.15, 0.2) is 85.1 Å². The Morgan fingerprint density at radius 1 is 0.870 bits per heavy atom. The second kappa shape index (κ2) is 14.1. The molecule has 4 aromatic rings. The maximum atomic E-state index is 14.0. The second-order valence-corrected chi connectivity index (χ2v) is 12.1. The lowest BCUT2D eigenvalue weighted by Gasteiger charge is -2.33. The predicted molar refractivity (Wildman–Crippen MR) is 172 cm³/mol. The van der Waals surface area contributed by atoms with Gasteiger partial charge in [0.1, 0.15) is 5.82 Å². The molecule has 1 atom stereocenters. The van der Waals surface area contributed by atoms with Crippen LogP contribution in [-0.4, -0.2) is 75.2 Å². The Morgan fingerprint density at radius 3 is 2.26 bits per heavy atom. The number of nitrogens with zero attached hydrogens (tertiary/aromatic N) is 4. The van der Waals surface area contributed by atoms with E-state index in [1.54, 1.807) is 30.5 Å². The molecule has 0 unspecified atom stereocenters. The number of hydrogen-bond donors (Lipinski definition) is 2. The Hall–Kier alpha value is -4.83. The number of likely N-dealkylation sites (tertiary alicyclic amines) is 2. The Bertz CT molecular complexity index is 1660. The van der Waals surface area contributed by atoms with Crippen molar-refractivity contribution in [3.63, 3.8) is 0 Å². The molecule has 0 aliphatic carbocycles. The summed E-state index contributed by atoms with van der Waals surface area (Å²) < 4.78 is 15.6. The van der Waals surface area contributed by atoms with Crippen LogP contribution in [0, 0.1) is 5.82 Å². The van der Waals surface area contributed by atoms with Crippen molar-refractivity contribution in [2.45, 2.75) is 44.1 Å². The zero-order valence-electron chi connectivity index (χ0n) is 25.6. The summed E-state index contributed by atoms with van der Waals surface area (Å²) in [5, 5.41) is 16.1. The molecule has 2 N–H and O–H groups in total. The van der Waals surface area contributed by atoms with Gasteiger partial charge in [-0.2, -0.15) is 5.10 Å². The molecule has 3 aromatic carbocycles. The summed E-state index contributed by atoms with van der Waals surface area (Å²) in [7, 11) is 0. The first-order chi connectivity index (χ1) is 22.4. The molecule has 3 heterocycles. The lowest BCUT2D eigenvalue weighted by molar-refractivity contribution is -0.136. The molecule has 2 aliphatic rings. The van der Waals surface area contributed by atoms with E-state index in [2.05, 4.69) is 27.4 Å². The minimum Gasteiger partial charge on any atom is -0.481 e. The van der Waals surface area contributed by atoms with E-state index in [4.69, 9.17) is 5.11 Å². The highest BCUT2D eigenvalue weighted by molar-refractivity contribution is 5.96. The van der Waals surface area contributed by atoms with Gasteiger partial charge in [-0.25, -0.2) is 9.07 Å². The number of benzene rings is 3. The Balaban J connectivity index is 1.14. The summed E-state index contributed by atoms with van der Waals surface area (Å²) in [5.41, 5.74) is 5.06. The van der Waals surface area contributed by atoms with Crippen LogP contribution in [0.4, 0.5) is 4.39 Å². The van der Waals surface area contributed by atoms with Gasteiger partial charge in [0, 0.05) is 43.6 Å². The van der Waals surface area contributed by atoms with Crippen molar-refractivity contribution in [1.82, 2.24) is 24.9 Å².